The molecule has 0 saturated carbocycles. The first-order chi connectivity index (χ1) is 20.0. The van der Waals surface area contributed by atoms with Gasteiger partial charge in [-0.3, -0.25) is 14.5 Å². The maximum atomic E-state index is 13.7. The number of carbonyl (C=O) groups excluding carboxylic acids is 2. The number of hydrogen-bond acceptors (Lipinski definition) is 6. The van der Waals surface area contributed by atoms with Gasteiger partial charge in [0.2, 0.25) is 5.91 Å². The summed E-state index contributed by atoms with van der Waals surface area (Å²) in [5.41, 5.74) is 7.93. The molecule has 0 radical (unpaired) electrons. The van der Waals surface area contributed by atoms with E-state index >= 15 is 0 Å². The molecular weight excluding hydrogens is 532 g/mol. The van der Waals surface area contributed by atoms with Crippen molar-refractivity contribution in [2.75, 3.05) is 45.6 Å². The molecule has 3 aliphatic rings. The van der Waals surface area contributed by atoms with Gasteiger partial charge in [-0.1, -0.05) is 24.3 Å². The number of fused-ring (bicyclic) bond motifs is 4. The lowest BCUT2D eigenvalue weighted by Gasteiger charge is -2.33. The van der Waals surface area contributed by atoms with Crippen molar-refractivity contribution in [3.63, 3.8) is 0 Å². The number of nitrogens with one attached hydrogen (secondary N) is 1. The predicted molar refractivity (Wildman–Crippen MR) is 162 cm³/mol. The number of thiophene rings is 1. The first-order valence-corrected chi connectivity index (χ1v) is 15.2. The minimum atomic E-state index is -0.220. The molecule has 9 heteroatoms. The van der Waals surface area contributed by atoms with E-state index in [4.69, 9.17) is 5.10 Å². The van der Waals surface area contributed by atoms with Crippen LogP contribution >= 0.6 is 11.3 Å². The average Bonchev–Trinajstić information content (AvgIpc) is 3.62. The minimum absolute atomic E-state index is 0.00537. The lowest BCUT2D eigenvalue weighted by Crippen LogP contribution is -2.47. The summed E-state index contributed by atoms with van der Waals surface area (Å²) in [6.45, 7) is 3.95. The van der Waals surface area contributed by atoms with Crippen LogP contribution in [0.15, 0.2) is 60.0 Å². The summed E-state index contributed by atoms with van der Waals surface area (Å²) in [4.78, 5) is 34.6. The van der Waals surface area contributed by atoms with Crippen LogP contribution in [0.1, 0.15) is 32.1 Å². The smallest absolute Gasteiger partial charge is 0.274 e. The Morgan fingerprint density at radius 1 is 0.927 bits per heavy atom. The second-order valence-corrected chi connectivity index (χ2v) is 12.4. The minimum Gasteiger partial charge on any atom is -0.335 e. The molecule has 8 nitrogen and oxygen atoms in total. The van der Waals surface area contributed by atoms with Crippen LogP contribution in [0, 0.1) is 0 Å². The lowest BCUT2D eigenvalue weighted by molar-refractivity contribution is -0.121. The number of aromatic nitrogens is 2. The van der Waals surface area contributed by atoms with Crippen molar-refractivity contribution in [2.45, 2.75) is 31.8 Å². The first-order valence-electron chi connectivity index (χ1n) is 14.3. The number of anilines is 1. The molecule has 0 spiro atoms. The topological polar surface area (TPSA) is 73.7 Å². The third-order valence-corrected chi connectivity index (χ3v) is 9.73. The normalized spacial score (nSPS) is 18.9. The summed E-state index contributed by atoms with van der Waals surface area (Å²) in [6.07, 6.45) is 2.44. The van der Waals surface area contributed by atoms with E-state index in [1.165, 1.54) is 21.6 Å². The highest BCUT2D eigenvalue weighted by Gasteiger charge is 2.33. The van der Waals surface area contributed by atoms with Crippen molar-refractivity contribution < 1.29 is 9.59 Å². The Balaban J connectivity index is 1.16. The largest absolute Gasteiger partial charge is 0.335 e. The second kappa shape index (κ2) is 10.6. The number of carbonyl (C=O) groups is 2. The van der Waals surface area contributed by atoms with Gasteiger partial charge in [-0.15, -0.1) is 11.3 Å². The van der Waals surface area contributed by atoms with E-state index in [9.17, 15) is 9.59 Å². The molecule has 1 atom stereocenters. The molecule has 2 aromatic heterocycles. The zero-order chi connectivity index (χ0) is 28.1. The van der Waals surface area contributed by atoms with Crippen LogP contribution in [0.25, 0.3) is 16.9 Å². The second-order valence-electron chi connectivity index (χ2n) is 11.4. The fraction of sp³-hybridized carbons (Fsp3) is 0.344. The Labute approximate surface area is 244 Å². The summed E-state index contributed by atoms with van der Waals surface area (Å²) in [7, 11) is 4.10. The van der Waals surface area contributed by atoms with E-state index in [0.717, 1.165) is 68.2 Å². The molecule has 1 aliphatic carbocycles. The Morgan fingerprint density at radius 2 is 1.68 bits per heavy atom. The van der Waals surface area contributed by atoms with E-state index in [1.807, 2.05) is 47.0 Å². The quantitative estimate of drug-likeness (QED) is 0.403. The summed E-state index contributed by atoms with van der Waals surface area (Å²) in [6, 6.07) is 18.1. The summed E-state index contributed by atoms with van der Waals surface area (Å²) < 4.78 is 1.93. The van der Waals surface area contributed by atoms with Gasteiger partial charge in [0.1, 0.15) is 0 Å². The van der Waals surface area contributed by atoms with Gasteiger partial charge in [-0.2, -0.15) is 5.10 Å². The van der Waals surface area contributed by atoms with Gasteiger partial charge >= 0.3 is 0 Å². The Kier molecular flexibility index (Phi) is 6.73. The highest BCUT2D eigenvalue weighted by atomic mass is 32.1. The van der Waals surface area contributed by atoms with E-state index in [1.54, 1.807) is 11.3 Å². The maximum absolute atomic E-state index is 13.7. The van der Waals surface area contributed by atoms with Crippen molar-refractivity contribution >= 4 is 28.8 Å². The van der Waals surface area contributed by atoms with E-state index in [-0.39, 0.29) is 17.9 Å². The van der Waals surface area contributed by atoms with Crippen LogP contribution in [0.3, 0.4) is 0 Å². The van der Waals surface area contributed by atoms with Gasteiger partial charge in [-0.25, -0.2) is 4.68 Å². The predicted octanol–water partition coefficient (Wildman–Crippen LogP) is 4.08. The third kappa shape index (κ3) is 4.77. The van der Waals surface area contributed by atoms with Gasteiger partial charge in [-0.05, 0) is 80.2 Å². The number of aryl methyl sites for hydroxylation is 1. The van der Waals surface area contributed by atoms with Crippen LogP contribution in [0.4, 0.5) is 5.69 Å². The SMILES string of the molecule is CN1CCN(C(=O)c2nn(-c3ccc(NC(=O)C4Cc5ccccc5CN4C)cc3)c3c2CCc2sccc2-3)CC1. The molecule has 210 valence electrons. The van der Waals surface area contributed by atoms with Gasteiger partial charge in [0.05, 0.1) is 17.4 Å². The van der Waals surface area contributed by atoms with E-state index < -0.39 is 0 Å². The van der Waals surface area contributed by atoms with E-state index in [2.05, 4.69) is 51.8 Å². The molecular formula is C32H34N6O2S. The molecule has 41 heavy (non-hydrogen) atoms. The van der Waals surface area contributed by atoms with Crippen LogP contribution in [-0.4, -0.2) is 82.6 Å². The molecule has 1 N–H and O–H groups in total. The molecule has 7 rings (SSSR count). The van der Waals surface area contributed by atoms with Crippen molar-refractivity contribution in [2.24, 2.45) is 0 Å². The van der Waals surface area contributed by atoms with Crippen LogP contribution in [-0.2, 0) is 30.6 Å². The maximum Gasteiger partial charge on any atom is 0.274 e. The monoisotopic (exact) mass is 566 g/mol. The number of piperazine rings is 1. The molecule has 2 aromatic carbocycles. The Hall–Kier alpha value is -3.79. The Bertz CT molecular complexity index is 1620. The van der Waals surface area contributed by atoms with E-state index in [0.29, 0.717) is 12.1 Å². The fourth-order valence-corrected chi connectivity index (χ4v) is 7.20. The lowest BCUT2D eigenvalue weighted by atomic mass is 9.94. The summed E-state index contributed by atoms with van der Waals surface area (Å²) in [5, 5.41) is 10.2. The number of likely N-dealkylation sites (N-methyl/N-ethyl adjacent to an activating group) is 2. The molecule has 4 heterocycles. The molecule has 1 fully saturated rings. The van der Waals surface area contributed by atoms with Gasteiger partial charge in [0.15, 0.2) is 5.69 Å². The zero-order valence-electron chi connectivity index (χ0n) is 23.5. The standard InChI is InChI=1S/C32H34N6O2S/c1-35-14-16-37(17-15-35)32(40)29-26-11-12-28-25(13-18-41-28)30(26)38(34-29)24-9-7-23(8-10-24)33-31(39)27-19-21-5-3-4-6-22(21)20-36(27)2/h3-10,13,18,27H,11-12,14-17,19-20H2,1-2H3,(H,33,39). The molecule has 0 bridgehead atoms. The highest BCUT2D eigenvalue weighted by Crippen LogP contribution is 2.40. The van der Waals surface area contributed by atoms with Gasteiger partial charge in [0.25, 0.3) is 5.91 Å². The summed E-state index contributed by atoms with van der Waals surface area (Å²) >= 11 is 1.76. The molecule has 1 unspecified atom stereocenters. The van der Waals surface area contributed by atoms with Gasteiger partial charge < -0.3 is 15.1 Å². The fourth-order valence-electron chi connectivity index (χ4n) is 6.32. The molecule has 2 aliphatic heterocycles. The summed E-state index contributed by atoms with van der Waals surface area (Å²) in [5.74, 6) is 0.0167. The molecule has 1 saturated heterocycles. The molecule has 4 aromatic rings. The third-order valence-electron chi connectivity index (χ3n) is 8.74. The Morgan fingerprint density at radius 3 is 2.46 bits per heavy atom. The number of benzene rings is 2. The van der Waals surface area contributed by atoms with Gasteiger partial charge in [0, 0.05) is 54.4 Å². The van der Waals surface area contributed by atoms with Crippen LogP contribution < -0.4 is 5.32 Å². The number of hydrogen-bond donors (Lipinski definition) is 1. The number of amides is 2. The number of rotatable bonds is 4. The highest BCUT2D eigenvalue weighted by molar-refractivity contribution is 7.10. The molecule has 2 amide bonds. The zero-order valence-corrected chi connectivity index (χ0v) is 24.3. The first kappa shape index (κ1) is 26.1. The van der Waals surface area contributed by atoms with Crippen molar-refractivity contribution in [1.82, 2.24) is 24.5 Å². The van der Waals surface area contributed by atoms with Crippen molar-refractivity contribution in [1.29, 1.82) is 0 Å². The average molecular weight is 567 g/mol. The van der Waals surface area contributed by atoms with Crippen LogP contribution in [0.5, 0.6) is 0 Å². The van der Waals surface area contributed by atoms with Crippen molar-refractivity contribution in [3.05, 3.63) is 87.2 Å². The number of nitrogens with zero attached hydrogens (tertiary/aromatic N) is 5. The van der Waals surface area contributed by atoms with Crippen LogP contribution in [0.2, 0.25) is 0 Å². The van der Waals surface area contributed by atoms with Crippen molar-refractivity contribution in [3.8, 4) is 16.9 Å².